The summed E-state index contributed by atoms with van der Waals surface area (Å²) in [4.78, 5) is 19.3. The summed E-state index contributed by atoms with van der Waals surface area (Å²) in [5.74, 6) is 0.261. The van der Waals surface area contributed by atoms with E-state index in [1.54, 1.807) is 0 Å². The molecule has 1 unspecified atom stereocenters. The van der Waals surface area contributed by atoms with Crippen LogP contribution in [0.2, 0.25) is 0 Å². The molecule has 0 aliphatic carbocycles. The van der Waals surface area contributed by atoms with Crippen LogP contribution in [0.3, 0.4) is 0 Å². The first-order chi connectivity index (χ1) is 8.74. The van der Waals surface area contributed by atoms with Gasteiger partial charge in [0.05, 0.1) is 17.0 Å². The molecule has 1 aromatic heterocycles. The van der Waals surface area contributed by atoms with Gasteiger partial charge < -0.3 is 10.7 Å². The molecule has 2 aromatic rings. The highest BCUT2D eigenvalue weighted by Crippen LogP contribution is 2.14. The van der Waals surface area contributed by atoms with Gasteiger partial charge in [-0.25, -0.2) is 4.98 Å². The number of nitrogens with one attached hydrogen (secondary N) is 2. The van der Waals surface area contributed by atoms with Gasteiger partial charge in [0.25, 0.3) is 0 Å². The maximum absolute atomic E-state index is 12.0. The number of anilines is 1. The number of carbonyl (C=O) groups excluding carboxylic acids is 1. The van der Waals surface area contributed by atoms with E-state index in [9.17, 15) is 4.79 Å². The number of benzene rings is 1. The molecule has 1 heterocycles. The molecule has 5 heteroatoms. The number of hydrogen-bond donors (Lipinski definition) is 3. The molecule has 1 aromatic carbocycles. The van der Waals surface area contributed by atoms with Crippen molar-refractivity contribution >= 4 is 22.9 Å². The zero-order valence-corrected chi connectivity index (χ0v) is 10.4. The zero-order valence-electron chi connectivity index (χ0n) is 10.4. The molecule has 1 atom stereocenters. The van der Waals surface area contributed by atoms with Gasteiger partial charge in [-0.05, 0) is 18.6 Å². The van der Waals surface area contributed by atoms with Gasteiger partial charge in [0.15, 0.2) is 0 Å². The lowest BCUT2D eigenvalue weighted by molar-refractivity contribution is -0.119. The molecule has 4 N–H and O–H groups in total. The summed E-state index contributed by atoms with van der Waals surface area (Å²) in [7, 11) is 0. The third-order valence-electron chi connectivity index (χ3n) is 2.92. The maximum Gasteiger partial charge on any atom is 0.231 e. The van der Waals surface area contributed by atoms with Crippen LogP contribution in [0.15, 0.2) is 24.3 Å². The smallest absolute Gasteiger partial charge is 0.231 e. The summed E-state index contributed by atoms with van der Waals surface area (Å²) >= 11 is 0. The molecule has 2 rings (SSSR count). The Morgan fingerprint density at radius 3 is 2.94 bits per heavy atom. The molecule has 0 saturated heterocycles. The normalized spacial score (nSPS) is 12.6. The molecule has 18 heavy (non-hydrogen) atoms. The molecule has 1 amide bonds. The fourth-order valence-corrected chi connectivity index (χ4v) is 1.94. The van der Waals surface area contributed by atoms with E-state index in [0.717, 1.165) is 23.9 Å². The third-order valence-corrected chi connectivity index (χ3v) is 2.92. The molecule has 0 aliphatic rings. The minimum absolute atomic E-state index is 0.0709. The summed E-state index contributed by atoms with van der Waals surface area (Å²) in [5.41, 5.74) is 7.35. The Labute approximate surface area is 106 Å². The number of aromatic nitrogens is 2. The third kappa shape index (κ3) is 2.68. The Morgan fingerprint density at radius 2 is 2.28 bits per heavy atom. The monoisotopic (exact) mass is 246 g/mol. The van der Waals surface area contributed by atoms with Crippen LogP contribution in [0.4, 0.5) is 5.95 Å². The van der Waals surface area contributed by atoms with E-state index in [-0.39, 0.29) is 11.8 Å². The highest BCUT2D eigenvalue weighted by atomic mass is 16.2. The van der Waals surface area contributed by atoms with E-state index in [0.29, 0.717) is 12.5 Å². The van der Waals surface area contributed by atoms with Gasteiger partial charge in [0.1, 0.15) is 0 Å². The number of H-pyrrole nitrogens is 1. The number of carbonyl (C=O) groups is 1. The lowest BCUT2D eigenvalue weighted by Crippen LogP contribution is -2.29. The largest absolute Gasteiger partial charge is 0.330 e. The first-order valence-corrected chi connectivity index (χ1v) is 6.20. The first-order valence-electron chi connectivity index (χ1n) is 6.20. The molecule has 0 spiro atoms. The van der Waals surface area contributed by atoms with Crippen molar-refractivity contribution in [2.24, 2.45) is 11.7 Å². The van der Waals surface area contributed by atoms with Gasteiger partial charge in [0.2, 0.25) is 11.9 Å². The molecular formula is C13H18N4O. The van der Waals surface area contributed by atoms with Crippen LogP contribution in [0.1, 0.15) is 19.8 Å². The fourth-order valence-electron chi connectivity index (χ4n) is 1.94. The van der Waals surface area contributed by atoms with Gasteiger partial charge in [0, 0.05) is 6.54 Å². The second kappa shape index (κ2) is 5.64. The number of rotatable bonds is 5. The molecule has 0 radical (unpaired) electrons. The zero-order chi connectivity index (χ0) is 13.0. The summed E-state index contributed by atoms with van der Waals surface area (Å²) in [6, 6.07) is 7.65. The second-order valence-electron chi connectivity index (χ2n) is 4.31. The Morgan fingerprint density at radius 1 is 1.50 bits per heavy atom. The van der Waals surface area contributed by atoms with Crippen molar-refractivity contribution < 1.29 is 4.79 Å². The van der Waals surface area contributed by atoms with Crippen molar-refractivity contribution in [3.63, 3.8) is 0 Å². The van der Waals surface area contributed by atoms with E-state index in [2.05, 4.69) is 15.3 Å². The Bertz CT molecular complexity index is 502. The average Bonchev–Trinajstić information content (AvgIpc) is 2.77. The Kier molecular flexibility index (Phi) is 3.94. The summed E-state index contributed by atoms with van der Waals surface area (Å²) < 4.78 is 0. The molecule has 0 bridgehead atoms. The van der Waals surface area contributed by atoms with Crippen LogP contribution < -0.4 is 11.1 Å². The number of fused-ring (bicyclic) bond motifs is 1. The number of nitrogens with two attached hydrogens (primary N) is 1. The van der Waals surface area contributed by atoms with Crippen LogP contribution in [-0.2, 0) is 4.79 Å². The van der Waals surface area contributed by atoms with Crippen molar-refractivity contribution in [2.45, 2.75) is 19.8 Å². The second-order valence-corrected chi connectivity index (χ2v) is 4.31. The lowest BCUT2D eigenvalue weighted by Gasteiger charge is -2.11. The quantitative estimate of drug-likeness (QED) is 0.753. The highest BCUT2D eigenvalue weighted by molar-refractivity contribution is 5.92. The summed E-state index contributed by atoms with van der Waals surface area (Å²) in [6.45, 7) is 2.40. The van der Waals surface area contributed by atoms with Crippen molar-refractivity contribution in [1.29, 1.82) is 0 Å². The van der Waals surface area contributed by atoms with Crippen molar-refractivity contribution in [2.75, 3.05) is 11.9 Å². The number of nitrogens with zero attached hydrogens (tertiary/aromatic N) is 1. The SMILES string of the molecule is CCCC(CN)C(=O)Nc1nc2ccccc2[nH]1. The van der Waals surface area contributed by atoms with Crippen LogP contribution in [0.25, 0.3) is 11.0 Å². The predicted molar refractivity (Wildman–Crippen MR) is 72.2 cm³/mol. The summed E-state index contributed by atoms with van der Waals surface area (Å²) in [5, 5.41) is 2.78. The van der Waals surface area contributed by atoms with E-state index in [1.807, 2.05) is 31.2 Å². The number of imidazole rings is 1. The maximum atomic E-state index is 12.0. The minimum Gasteiger partial charge on any atom is -0.330 e. The van der Waals surface area contributed by atoms with Crippen molar-refractivity contribution in [3.8, 4) is 0 Å². The number of para-hydroxylation sites is 2. The van der Waals surface area contributed by atoms with Gasteiger partial charge in [-0.3, -0.25) is 10.1 Å². The average molecular weight is 246 g/mol. The highest BCUT2D eigenvalue weighted by Gasteiger charge is 2.16. The van der Waals surface area contributed by atoms with E-state index in [1.165, 1.54) is 0 Å². The molecule has 96 valence electrons. The number of amides is 1. The Hall–Kier alpha value is -1.88. The molecule has 5 nitrogen and oxygen atoms in total. The van der Waals surface area contributed by atoms with Gasteiger partial charge in [-0.1, -0.05) is 25.5 Å². The lowest BCUT2D eigenvalue weighted by atomic mass is 10.0. The van der Waals surface area contributed by atoms with Crippen LogP contribution in [0, 0.1) is 5.92 Å². The fraction of sp³-hybridized carbons (Fsp3) is 0.385. The van der Waals surface area contributed by atoms with E-state index in [4.69, 9.17) is 5.73 Å². The van der Waals surface area contributed by atoms with Crippen LogP contribution in [0.5, 0.6) is 0 Å². The van der Waals surface area contributed by atoms with E-state index < -0.39 is 0 Å². The summed E-state index contributed by atoms with van der Waals surface area (Å²) in [6.07, 6.45) is 1.73. The molecule has 0 saturated carbocycles. The van der Waals surface area contributed by atoms with Crippen molar-refractivity contribution in [3.05, 3.63) is 24.3 Å². The topological polar surface area (TPSA) is 83.8 Å². The van der Waals surface area contributed by atoms with Crippen LogP contribution >= 0.6 is 0 Å². The van der Waals surface area contributed by atoms with Crippen LogP contribution in [-0.4, -0.2) is 22.4 Å². The van der Waals surface area contributed by atoms with E-state index >= 15 is 0 Å². The number of hydrogen-bond acceptors (Lipinski definition) is 3. The standard InChI is InChI=1S/C13H18N4O/c1-2-5-9(8-14)12(18)17-13-15-10-6-3-4-7-11(10)16-13/h3-4,6-7,9H,2,5,8,14H2,1H3,(H2,15,16,17,18). The van der Waals surface area contributed by atoms with Gasteiger partial charge in [-0.2, -0.15) is 0 Å². The Balaban J connectivity index is 2.10. The minimum atomic E-state index is -0.150. The molecule has 0 fully saturated rings. The van der Waals surface area contributed by atoms with Gasteiger partial charge in [-0.15, -0.1) is 0 Å². The molecular weight excluding hydrogens is 228 g/mol. The number of aromatic amines is 1. The first kappa shape index (κ1) is 12.6. The van der Waals surface area contributed by atoms with Gasteiger partial charge >= 0.3 is 0 Å². The van der Waals surface area contributed by atoms with Crippen molar-refractivity contribution in [1.82, 2.24) is 9.97 Å². The molecule has 0 aliphatic heterocycles. The predicted octanol–water partition coefficient (Wildman–Crippen LogP) is 1.88.